The smallest absolute Gasteiger partial charge is 0.374 e. The number of alkyl halides is 4. The highest BCUT2D eigenvalue weighted by atomic mass is 32.2. The zero-order chi connectivity index (χ0) is 23.7. The Balaban J connectivity index is 1.68. The molecule has 0 aliphatic heterocycles. The molecule has 0 aromatic rings. The molecule has 3 aliphatic carbocycles. The fourth-order valence-corrected chi connectivity index (χ4v) is 6.48. The second-order valence-electron chi connectivity index (χ2n) is 9.84. The van der Waals surface area contributed by atoms with Gasteiger partial charge in [0.2, 0.25) is 15.9 Å². The maximum atomic E-state index is 13.7. The van der Waals surface area contributed by atoms with Crippen molar-refractivity contribution in [1.29, 1.82) is 0 Å². The van der Waals surface area contributed by atoms with Gasteiger partial charge in [0.1, 0.15) is 6.17 Å². The Morgan fingerprint density at radius 3 is 2.34 bits per heavy atom. The van der Waals surface area contributed by atoms with Crippen molar-refractivity contribution in [3.05, 3.63) is 0 Å². The molecule has 3 N–H and O–H groups in total. The summed E-state index contributed by atoms with van der Waals surface area (Å²) in [7, 11) is -3.72. The number of nitrogens with two attached hydrogens (primary N) is 1. The molecule has 6 nitrogen and oxygen atoms in total. The molecule has 8 atom stereocenters. The fourth-order valence-electron chi connectivity index (χ4n) is 5.49. The molecule has 0 bridgehead atoms. The summed E-state index contributed by atoms with van der Waals surface area (Å²) in [5.74, 6) is -2.82. The van der Waals surface area contributed by atoms with Gasteiger partial charge in [0, 0.05) is 6.04 Å². The topological polar surface area (TPSA) is 98.5 Å². The average molecular weight is 487 g/mol. The zero-order valence-corrected chi connectivity index (χ0v) is 19.1. The lowest BCUT2D eigenvalue weighted by Crippen LogP contribution is -2.51. The number of sulfonamides is 1. The van der Waals surface area contributed by atoms with E-state index in [1.165, 1.54) is 0 Å². The number of rotatable bonds is 5. The van der Waals surface area contributed by atoms with Crippen LogP contribution in [-0.4, -0.2) is 50.2 Å². The summed E-state index contributed by atoms with van der Waals surface area (Å²) in [5.41, 5.74) is 0. The number of carbonyl (C=O) groups is 1. The largest absolute Gasteiger partial charge is 0.391 e. The second kappa shape index (κ2) is 10.1. The van der Waals surface area contributed by atoms with E-state index >= 15 is 0 Å². The summed E-state index contributed by atoms with van der Waals surface area (Å²) < 4.78 is 83.3. The predicted molar refractivity (Wildman–Crippen MR) is 111 cm³/mol. The fraction of sp³-hybridized carbons (Fsp3) is 0.952. The van der Waals surface area contributed by atoms with Gasteiger partial charge in [0.05, 0.1) is 29.3 Å². The lowest BCUT2D eigenvalue weighted by atomic mass is 9.78. The third-order valence-corrected chi connectivity index (χ3v) is 8.76. The maximum Gasteiger partial charge on any atom is 0.391 e. The number of halogens is 4. The summed E-state index contributed by atoms with van der Waals surface area (Å²) in [6.45, 7) is 1.82. The highest BCUT2D eigenvalue weighted by Crippen LogP contribution is 2.42. The van der Waals surface area contributed by atoms with E-state index in [0.29, 0.717) is 38.5 Å². The molecular formula is C21H34F4N2O4S. The molecule has 0 spiro atoms. The first-order valence-corrected chi connectivity index (χ1v) is 13.1. The van der Waals surface area contributed by atoms with Gasteiger partial charge in [-0.2, -0.15) is 13.2 Å². The highest BCUT2D eigenvalue weighted by Gasteiger charge is 2.48. The first-order chi connectivity index (χ1) is 14.8. The van der Waals surface area contributed by atoms with Gasteiger partial charge < -0.3 is 10.1 Å². The van der Waals surface area contributed by atoms with Crippen LogP contribution in [0, 0.1) is 17.8 Å². The molecule has 0 radical (unpaired) electrons. The molecule has 186 valence electrons. The third kappa shape index (κ3) is 6.56. The number of nitrogens with one attached hydrogen (secondary N) is 1. The molecular weight excluding hydrogens is 452 g/mol. The minimum atomic E-state index is -4.36. The Kier molecular flexibility index (Phi) is 8.13. The van der Waals surface area contributed by atoms with Gasteiger partial charge in [-0.25, -0.2) is 17.9 Å². The molecule has 3 saturated carbocycles. The minimum absolute atomic E-state index is 0.0405. The van der Waals surface area contributed by atoms with Crippen LogP contribution in [0.4, 0.5) is 17.6 Å². The van der Waals surface area contributed by atoms with Crippen LogP contribution < -0.4 is 10.5 Å². The van der Waals surface area contributed by atoms with Crippen LogP contribution >= 0.6 is 0 Å². The van der Waals surface area contributed by atoms with E-state index < -0.39 is 51.5 Å². The summed E-state index contributed by atoms with van der Waals surface area (Å²) in [5, 5.41) is 7.38. The van der Waals surface area contributed by atoms with Crippen LogP contribution in [-0.2, 0) is 19.6 Å². The van der Waals surface area contributed by atoms with E-state index in [1.54, 1.807) is 0 Å². The van der Waals surface area contributed by atoms with Gasteiger partial charge in [-0.1, -0.05) is 13.3 Å². The van der Waals surface area contributed by atoms with E-state index in [1.807, 2.05) is 6.92 Å². The van der Waals surface area contributed by atoms with Crippen LogP contribution in [0.3, 0.4) is 0 Å². The first kappa shape index (κ1) is 25.7. The number of ether oxygens (including phenoxy) is 1. The standard InChI is InChI=1S/C21H34F4N2O4S/c1-12-9-14(22)6-8-18(12)31-19-10-13(21(23,24)25)5-7-17(19)20(28)27-15-3-2-4-16(11-15)32(26,29)30/h12-19H,2-11H2,1H3,(H,27,28)(H2,26,29,30). The van der Waals surface area contributed by atoms with Crippen LogP contribution in [0.2, 0.25) is 0 Å². The van der Waals surface area contributed by atoms with Crippen molar-refractivity contribution in [1.82, 2.24) is 5.32 Å². The van der Waals surface area contributed by atoms with Crippen LogP contribution in [0.15, 0.2) is 0 Å². The van der Waals surface area contributed by atoms with Crippen LogP contribution in [0.25, 0.3) is 0 Å². The molecule has 3 fully saturated rings. The van der Waals surface area contributed by atoms with E-state index in [9.17, 15) is 30.8 Å². The van der Waals surface area contributed by atoms with Crippen molar-refractivity contribution in [2.75, 3.05) is 0 Å². The second-order valence-corrected chi connectivity index (χ2v) is 11.7. The van der Waals surface area contributed by atoms with Crippen molar-refractivity contribution in [3.8, 4) is 0 Å². The van der Waals surface area contributed by atoms with Crippen molar-refractivity contribution in [2.45, 2.75) is 107 Å². The molecule has 1 amide bonds. The van der Waals surface area contributed by atoms with E-state index in [-0.39, 0.29) is 43.7 Å². The predicted octanol–water partition coefficient (Wildman–Crippen LogP) is 3.59. The quantitative estimate of drug-likeness (QED) is 0.580. The Hall–Kier alpha value is -0.940. The highest BCUT2D eigenvalue weighted by molar-refractivity contribution is 7.89. The molecule has 11 heteroatoms. The first-order valence-electron chi connectivity index (χ1n) is 11.5. The van der Waals surface area contributed by atoms with Gasteiger partial charge in [0.15, 0.2) is 0 Å². The Morgan fingerprint density at radius 1 is 1.00 bits per heavy atom. The third-order valence-electron chi connectivity index (χ3n) is 7.40. The Morgan fingerprint density at radius 2 is 1.72 bits per heavy atom. The lowest BCUT2D eigenvalue weighted by molar-refractivity contribution is -0.205. The van der Waals surface area contributed by atoms with Crippen LogP contribution in [0.1, 0.15) is 71.1 Å². The van der Waals surface area contributed by atoms with Crippen molar-refractivity contribution in [3.63, 3.8) is 0 Å². The van der Waals surface area contributed by atoms with Gasteiger partial charge in [0.25, 0.3) is 0 Å². The Bertz CT molecular complexity index is 763. The normalized spacial score (nSPS) is 39.4. The van der Waals surface area contributed by atoms with Gasteiger partial charge in [-0.3, -0.25) is 4.79 Å². The van der Waals surface area contributed by atoms with Crippen molar-refractivity contribution in [2.24, 2.45) is 22.9 Å². The van der Waals surface area contributed by atoms with E-state index in [2.05, 4.69) is 5.32 Å². The number of primary sulfonamides is 1. The summed E-state index contributed by atoms with van der Waals surface area (Å²) in [6.07, 6.45) is -4.15. The lowest BCUT2D eigenvalue weighted by Gasteiger charge is -2.41. The van der Waals surface area contributed by atoms with Gasteiger partial charge in [-0.15, -0.1) is 0 Å². The number of amides is 1. The van der Waals surface area contributed by atoms with E-state index in [0.717, 1.165) is 0 Å². The SMILES string of the molecule is CC1CC(F)CCC1OC1CC(C(F)(F)F)CCC1C(=O)NC1CCCC(S(N)(=O)=O)C1. The maximum absolute atomic E-state index is 13.7. The molecule has 0 aromatic heterocycles. The van der Waals surface area contributed by atoms with Gasteiger partial charge in [-0.05, 0) is 63.7 Å². The monoisotopic (exact) mass is 486 g/mol. The summed E-state index contributed by atoms with van der Waals surface area (Å²) in [4.78, 5) is 13.1. The zero-order valence-electron chi connectivity index (χ0n) is 18.3. The van der Waals surface area contributed by atoms with Crippen LogP contribution in [0.5, 0.6) is 0 Å². The van der Waals surface area contributed by atoms with Crippen molar-refractivity contribution >= 4 is 15.9 Å². The molecule has 0 saturated heterocycles. The summed E-state index contributed by atoms with van der Waals surface area (Å²) in [6, 6.07) is -0.388. The Labute approximate surface area is 187 Å². The van der Waals surface area contributed by atoms with Gasteiger partial charge >= 0.3 is 6.18 Å². The molecule has 0 heterocycles. The number of carbonyl (C=O) groups excluding carboxylic acids is 1. The molecule has 3 rings (SSSR count). The summed E-state index contributed by atoms with van der Waals surface area (Å²) >= 11 is 0. The number of hydrogen-bond donors (Lipinski definition) is 2. The average Bonchev–Trinajstić information content (AvgIpc) is 2.69. The van der Waals surface area contributed by atoms with E-state index in [4.69, 9.17) is 9.88 Å². The minimum Gasteiger partial charge on any atom is -0.374 e. The molecule has 32 heavy (non-hydrogen) atoms. The molecule has 3 aliphatic rings. The molecule has 8 unspecified atom stereocenters. The van der Waals surface area contributed by atoms with Crippen molar-refractivity contribution < 1.29 is 35.5 Å². The molecule has 0 aromatic carbocycles. The number of hydrogen-bond acceptors (Lipinski definition) is 4.